The highest BCUT2D eigenvalue weighted by Crippen LogP contribution is 2.22. The summed E-state index contributed by atoms with van der Waals surface area (Å²) in [5.41, 5.74) is 1.22. The van der Waals surface area contributed by atoms with Gasteiger partial charge in [0.05, 0.1) is 6.04 Å². The number of thiazole rings is 1. The van der Waals surface area contributed by atoms with E-state index in [9.17, 15) is 4.79 Å². The summed E-state index contributed by atoms with van der Waals surface area (Å²) in [5, 5.41) is 2.82. The highest BCUT2D eigenvalue weighted by molar-refractivity contribution is 7.09. The maximum atomic E-state index is 12.4. The molecule has 0 saturated carbocycles. The molecule has 1 atom stereocenters. The molecule has 0 bridgehead atoms. The predicted octanol–water partition coefficient (Wildman–Crippen LogP) is 2.38. The van der Waals surface area contributed by atoms with Crippen LogP contribution in [-0.2, 0) is 0 Å². The fraction of sp³-hybridized carbons (Fsp3) is 0.385. The van der Waals surface area contributed by atoms with Gasteiger partial charge in [-0.3, -0.25) is 4.79 Å². The van der Waals surface area contributed by atoms with Crippen LogP contribution in [0.15, 0.2) is 17.6 Å². The molecule has 100 valence electrons. The highest BCUT2D eigenvalue weighted by Gasteiger charge is 2.22. The van der Waals surface area contributed by atoms with Gasteiger partial charge in [-0.2, -0.15) is 0 Å². The third-order valence-electron chi connectivity index (χ3n) is 2.90. The SMILES string of the molecule is Cc1cc(C(=O)N(C)[C@@H](C)c2nccs2)nc(C)n1. The molecular weight excluding hydrogens is 260 g/mol. The fourth-order valence-electron chi connectivity index (χ4n) is 1.79. The van der Waals surface area contributed by atoms with Gasteiger partial charge in [0.25, 0.3) is 5.91 Å². The van der Waals surface area contributed by atoms with Gasteiger partial charge in [0.2, 0.25) is 0 Å². The molecule has 0 aliphatic carbocycles. The number of aromatic nitrogens is 3. The van der Waals surface area contributed by atoms with E-state index in [0.29, 0.717) is 11.5 Å². The second-order valence-corrected chi connectivity index (χ2v) is 5.33. The van der Waals surface area contributed by atoms with Crippen molar-refractivity contribution in [2.45, 2.75) is 26.8 Å². The third kappa shape index (κ3) is 2.96. The van der Waals surface area contributed by atoms with Crippen molar-refractivity contribution in [2.24, 2.45) is 0 Å². The van der Waals surface area contributed by atoms with Crippen LogP contribution in [0.25, 0.3) is 0 Å². The van der Waals surface area contributed by atoms with E-state index in [1.165, 1.54) is 0 Å². The summed E-state index contributed by atoms with van der Waals surface area (Å²) < 4.78 is 0. The number of amides is 1. The van der Waals surface area contributed by atoms with Crippen molar-refractivity contribution in [3.05, 3.63) is 39.9 Å². The number of aryl methyl sites for hydroxylation is 2. The standard InChI is InChI=1S/C13H16N4OS/c1-8-7-11(16-10(3)15-8)13(18)17(4)9(2)12-14-5-6-19-12/h5-7,9H,1-4H3/t9-/m0/s1. The summed E-state index contributed by atoms with van der Waals surface area (Å²) in [6.45, 7) is 5.60. The van der Waals surface area contributed by atoms with E-state index in [4.69, 9.17) is 0 Å². The lowest BCUT2D eigenvalue weighted by Gasteiger charge is -2.23. The first kappa shape index (κ1) is 13.6. The molecule has 5 nitrogen and oxygen atoms in total. The van der Waals surface area contributed by atoms with Gasteiger partial charge in [-0.25, -0.2) is 15.0 Å². The molecule has 0 aliphatic rings. The van der Waals surface area contributed by atoms with E-state index in [-0.39, 0.29) is 11.9 Å². The molecule has 0 aromatic carbocycles. The minimum Gasteiger partial charge on any atom is -0.331 e. The highest BCUT2D eigenvalue weighted by atomic mass is 32.1. The molecule has 2 aromatic heterocycles. The Morgan fingerprint density at radius 1 is 1.37 bits per heavy atom. The van der Waals surface area contributed by atoms with Crippen LogP contribution >= 0.6 is 11.3 Å². The first-order valence-electron chi connectivity index (χ1n) is 5.98. The summed E-state index contributed by atoms with van der Waals surface area (Å²) >= 11 is 1.54. The number of carbonyl (C=O) groups is 1. The molecule has 2 rings (SSSR count). The monoisotopic (exact) mass is 276 g/mol. The Labute approximate surface area is 116 Å². The van der Waals surface area contributed by atoms with Crippen molar-refractivity contribution in [2.75, 3.05) is 7.05 Å². The van der Waals surface area contributed by atoms with Gasteiger partial charge in [-0.05, 0) is 26.8 Å². The van der Waals surface area contributed by atoms with Gasteiger partial charge in [-0.15, -0.1) is 11.3 Å². The normalized spacial score (nSPS) is 12.2. The topological polar surface area (TPSA) is 59.0 Å². The Kier molecular flexibility index (Phi) is 3.90. The van der Waals surface area contributed by atoms with Crippen molar-refractivity contribution in [1.29, 1.82) is 0 Å². The second kappa shape index (κ2) is 5.44. The van der Waals surface area contributed by atoms with E-state index >= 15 is 0 Å². The quantitative estimate of drug-likeness (QED) is 0.863. The van der Waals surface area contributed by atoms with Gasteiger partial charge in [0.1, 0.15) is 16.5 Å². The number of hydrogen-bond acceptors (Lipinski definition) is 5. The van der Waals surface area contributed by atoms with Crippen LogP contribution in [0.3, 0.4) is 0 Å². The predicted molar refractivity (Wildman–Crippen MR) is 74.1 cm³/mol. The van der Waals surface area contributed by atoms with Crippen LogP contribution < -0.4 is 0 Å². The van der Waals surface area contributed by atoms with Crippen molar-refractivity contribution in [1.82, 2.24) is 19.9 Å². The van der Waals surface area contributed by atoms with Crippen molar-refractivity contribution < 1.29 is 4.79 Å². The summed E-state index contributed by atoms with van der Waals surface area (Å²) in [6, 6.07) is 1.64. The summed E-state index contributed by atoms with van der Waals surface area (Å²) in [5.74, 6) is 0.495. The molecule has 0 fully saturated rings. The molecule has 0 N–H and O–H groups in total. The molecule has 2 heterocycles. The Balaban J connectivity index is 2.23. The van der Waals surface area contributed by atoms with Crippen LogP contribution in [-0.4, -0.2) is 32.8 Å². The summed E-state index contributed by atoms with van der Waals surface area (Å²) in [6.07, 6.45) is 1.74. The number of hydrogen-bond donors (Lipinski definition) is 0. The van der Waals surface area contributed by atoms with E-state index < -0.39 is 0 Å². The molecule has 0 spiro atoms. The minimum atomic E-state index is -0.115. The van der Waals surface area contributed by atoms with Gasteiger partial charge in [0, 0.05) is 24.3 Å². The van der Waals surface area contributed by atoms with Crippen LogP contribution in [0.2, 0.25) is 0 Å². The average Bonchev–Trinajstić information content (AvgIpc) is 2.88. The molecule has 2 aromatic rings. The Morgan fingerprint density at radius 3 is 2.68 bits per heavy atom. The number of carbonyl (C=O) groups excluding carboxylic acids is 1. The van der Waals surface area contributed by atoms with Crippen LogP contribution in [0.5, 0.6) is 0 Å². The van der Waals surface area contributed by atoms with Gasteiger partial charge in [-0.1, -0.05) is 0 Å². The van der Waals surface area contributed by atoms with E-state index in [0.717, 1.165) is 10.7 Å². The second-order valence-electron chi connectivity index (χ2n) is 4.40. The van der Waals surface area contributed by atoms with E-state index in [1.807, 2.05) is 19.2 Å². The van der Waals surface area contributed by atoms with E-state index in [2.05, 4.69) is 15.0 Å². The van der Waals surface area contributed by atoms with Crippen LogP contribution in [0.4, 0.5) is 0 Å². The molecular formula is C13H16N4OS. The maximum absolute atomic E-state index is 12.4. The van der Waals surface area contributed by atoms with Crippen molar-refractivity contribution in [3.63, 3.8) is 0 Å². The van der Waals surface area contributed by atoms with Gasteiger partial charge < -0.3 is 4.90 Å². The Hall–Kier alpha value is -1.82. The molecule has 0 saturated heterocycles. The summed E-state index contributed by atoms with van der Waals surface area (Å²) in [4.78, 5) is 26.7. The molecule has 0 radical (unpaired) electrons. The lowest BCUT2D eigenvalue weighted by Crippen LogP contribution is -2.30. The van der Waals surface area contributed by atoms with Crippen molar-refractivity contribution >= 4 is 17.2 Å². The number of rotatable bonds is 3. The average molecular weight is 276 g/mol. The minimum absolute atomic E-state index is 0.0666. The largest absolute Gasteiger partial charge is 0.331 e. The lowest BCUT2D eigenvalue weighted by molar-refractivity contribution is 0.0736. The number of nitrogens with zero attached hydrogens (tertiary/aromatic N) is 4. The zero-order chi connectivity index (χ0) is 14.0. The molecule has 19 heavy (non-hydrogen) atoms. The van der Waals surface area contributed by atoms with E-state index in [1.54, 1.807) is 42.5 Å². The first-order valence-corrected chi connectivity index (χ1v) is 6.86. The lowest BCUT2D eigenvalue weighted by atomic mass is 10.2. The Morgan fingerprint density at radius 2 is 2.11 bits per heavy atom. The smallest absolute Gasteiger partial charge is 0.272 e. The molecule has 6 heteroatoms. The first-order chi connectivity index (χ1) is 8.99. The van der Waals surface area contributed by atoms with Crippen molar-refractivity contribution in [3.8, 4) is 0 Å². The molecule has 0 aliphatic heterocycles. The molecule has 0 unspecified atom stereocenters. The Bertz CT molecular complexity index is 562. The maximum Gasteiger partial charge on any atom is 0.272 e. The summed E-state index contributed by atoms with van der Waals surface area (Å²) in [7, 11) is 1.77. The third-order valence-corrected chi connectivity index (χ3v) is 3.84. The fourth-order valence-corrected chi connectivity index (χ4v) is 2.53. The zero-order valence-corrected chi connectivity index (χ0v) is 12.2. The molecule has 1 amide bonds. The van der Waals surface area contributed by atoms with Crippen LogP contribution in [0, 0.1) is 13.8 Å². The van der Waals surface area contributed by atoms with Gasteiger partial charge in [0.15, 0.2) is 0 Å². The zero-order valence-electron chi connectivity index (χ0n) is 11.4. The van der Waals surface area contributed by atoms with Gasteiger partial charge >= 0.3 is 0 Å². The van der Waals surface area contributed by atoms with Crippen LogP contribution in [0.1, 0.15) is 40.0 Å².